The lowest BCUT2D eigenvalue weighted by atomic mass is 10.0. The Morgan fingerprint density at radius 1 is 0.471 bits per heavy atom. The normalized spacial score (nSPS) is 13.9. The lowest BCUT2D eigenvalue weighted by Gasteiger charge is -2.28. The second-order valence-corrected chi connectivity index (χ2v) is 21.0. The van der Waals surface area contributed by atoms with Crippen LogP contribution < -0.4 is 4.89 Å². The van der Waals surface area contributed by atoms with Gasteiger partial charge in [-0.3, -0.25) is 14.2 Å². The predicted octanol–water partition coefficient (Wildman–Crippen LogP) is 16.3. The summed E-state index contributed by atoms with van der Waals surface area (Å²) in [5.41, 5.74) is 0. The van der Waals surface area contributed by atoms with Crippen molar-refractivity contribution in [3.05, 3.63) is 72.9 Å². The summed E-state index contributed by atoms with van der Waals surface area (Å²) < 4.78 is 34.1. The summed E-state index contributed by atoms with van der Waals surface area (Å²) in [7, 11) is 1.16. The van der Waals surface area contributed by atoms with Crippen LogP contribution in [-0.2, 0) is 32.7 Å². The molecule has 0 aromatic carbocycles. The van der Waals surface area contributed by atoms with Gasteiger partial charge in [0.25, 0.3) is 7.82 Å². The van der Waals surface area contributed by atoms with Crippen LogP contribution in [0.25, 0.3) is 0 Å². The van der Waals surface area contributed by atoms with Crippen LogP contribution >= 0.6 is 7.82 Å². The molecular weight excluding hydrogens is 870 g/mol. The summed E-state index contributed by atoms with van der Waals surface area (Å²) in [5, 5.41) is 0. The van der Waals surface area contributed by atoms with Crippen molar-refractivity contribution in [2.75, 3.05) is 47.5 Å². The van der Waals surface area contributed by atoms with E-state index in [1.54, 1.807) is 0 Å². The van der Waals surface area contributed by atoms with Gasteiger partial charge in [0.15, 0.2) is 6.10 Å². The van der Waals surface area contributed by atoms with Crippen molar-refractivity contribution in [1.29, 1.82) is 0 Å². The van der Waals surface area contributed by atoms with Crippen molar-refractivity contribution in [1.82, 2.24) is 0 Å². The monoisotopic (exact) mass is 974 g/mol. The first kappa shape index (κ1) is 65.5. The molecule has 2 atom stereocenters. The van der Waals surface area contributed by atoms with Gasteiger partial charge in [0.2, 0.25) is 0 Å². The summed E-state index contributed by atoms with van der Waals surface area (Å²) in [6.45, 7) is 4.09. The number of phosphoric acid groups is 1. The zero-order valence-electron chi connectivity index (χ0n) is 44.5. The first-order valence-corrected chi connectivity index (χ1v) is 29.1. The molecule has 0 saturated carbocycles. The van der Waals surface area contributed by atoms with E-state index in [0.29, 0.717) is 23.9 Å². The van der Waals surface area contributed by atoms with E-state index >= 15 is 0 Å². The Bertz CT molecular complexity index is 1380. The van der Waals surface area contributed by atoms with Gasteiger partial charge in [-0.2, -0.15) is 0 Å². The molecule has 0 rings (SSSR count). The smallest absolute Gasteiger partial charge is 0.306 e. The number of carbonyl (C=O) groups is 2. The van der Waals surface area contributed by atoms with Gasteiger partial charge in [-0.25, -0.2) is 0 Å². The number of allylic oxidation sites excluding steroid dienone is 12. The molecule has 0 saturated heterocycles. The predicted molar refractivity (Wildman–Crippen MR) is 286 cm³/mol. The first-order chi connectivity index (χ1) is 33.0. The minimum atomic E-state index is -4.64. The van der Waals surface area contributed by atoms with E-state index in [9.17, 15) is 19.0 Å². The molecule has 2 unspecified atom stereocenters. The molecule has 9 nitrogen and oxygen atoms in total. The summed E-state index contributed by atoms with van der Waals surface area (Å²) in [6.07, 6.45) is 63.7. The van der Waals surface area contributed by atoms with Gasteiger partial charge in [0.1, 0.15) is 19.8 Å². The number of phosphoric ester groups is 1. The average molecular weight is 974 g/mol. The highest BCUT2D eigenvalue weighted by Gasteiger charge is 2.21. The van der Waals surface area contributed by atoms with Crippen molar-refractivity contribution >= 4 is 19.8 Å². The van der Waals surface area contributed by atoms with Crippen LogP contribution in [0.1, 0.15) is 232 Å². The van der Waals surface area contributed by atoms with Crippen molar-refractivity contribution in [3.8, 4) is 0 Å². The topological polar surface area (TPSA) is 111 Å². The minimum absolute atomic E-state index is 0.0349. The maximum Gasteiger partial charge on any atom is 0.306 e. The highest BCUT2D eigenvalue weighted by Crippen LogP contribution is 2.38. The van der Waals surface area contributed by atoms with E-state index in [0.717, 1.165) is 83.5 Å². The molecule has 0 bridgehead atoms. The third-order valence-corrected chi connectivity index (χ3v) is 12.7. The Balaban J connectivity index is 4.13. The number of rotatable bonds is 50. The minimum Gasteiger partial charge on any atom is -0.756 e. The molecule has 0 fully saturated rings. The molecule has 68 heavy (non-hydrogen) atoms. The third-order valence-electron chi connectivity index (χ3n) is 11.7. The van der Waals surface area contributed by atoms with Gasteiger partial charge in [0.05, 0.1) is 27.7 Å². The van der Waals surface area contributed by atoms with Crippen LogP contribution in [0.4, 0.5) is 0 Å². The molecule has 0 N–H and O–H groups in total. The zero-order valence-corrected chi connectivity index (χ0v) is 45.4. The van der Waals surface area contributed by atoms with E-state index < -0.39 is 32.5 Å². The standard InChI is InChI=1S/C58H104NO8P/c1-6-8-10-12-14-16-18-20-22-23-24-25-26-27-28-29-30-31-32-33-34-35-37-39-41-43-45-47-49-51-58(61)67-56(55-66-68(62,63)65-53-52-59(3,4)5)54-64-57(60)50-48-46-44-42-40-38-36-21-19-17-15-13-11-9-7-2/h8,10,14-17,20-22,24-25,36,56H,6-7,9,11-13,18-19,23,26-35,37-55H2,1-5H3/b10-8-,16-14-,17-15-,22-20-,25-24-,36-21-. The van der Waals surface area contributed by atoms with E-state index in [1.807, 2.05) is 21.1 Å². The molecule has 0 amide bonds. The summed E-state index contributed by atoms with van der Waals surface area (Å²) in [5.74, 6) is -0.847. The Morgan fingerprint density at radius 3 is 1.25 bits per heavy atom. The number of likely N-dealkylation sites (N-methyl/N-ethyl adjacent to an activating group) is 1. The number of esters is 2. The van der Waals surface area contributed by atoms with Crippen LogP contribution in [0.3, 0.4) is 0 Å². The SMILES string of the molecule is CC/C=C\C/C=C\C/C=C\C/C=C\CCCCCCCCCCCCCCCCCCC(=O)OC(COC(=O)CCCCCCC/C=C\C/C=C\CCCCC)COP(=O)([O-])OCC[N+](C)(C)C. The van der Waals surface area contributed by atoms with Crippen LogP contribution in [-0.4, -0.2) is 70.0 Å². The van der Waals surface area contributed by atoms with E-state index in [-0.39, 0.29) is 26.1 Å². The molecule has 0 heterocycles. The van der Waals surface area contributed by atoms with Gasteiger partial charge >= 0.3 is 11.9 Å². The Kier molecular flexibility index (Phi) is 47.6. The number of hydrogen-bond donors (Lipinski definition) is 0. The molecule has 10 heteroatoms. The molecule has 0 aromatic rings. The number of nitrogens with zero attached hydrogens (tertiary/aromatic N) is 1. The van der Waals surface area contributed by atoms with Crippen LogP contribution in [0.2, 0.25) is 0 Å². The van der Waals surface area contributed by atoms with Gasteiger partial charge in [-0.1, -0.05) is 209 Å². The largest absolute Gasteiger partial charge is 0.756 e. The van der Waals surface area contributed by atoms with Gasteiger partial charge in [-0.05, 0) is 83.5 Å². The average Bonchev–Trinajstić information content (AvgIpc) is 3.30. The van der Waals surface area contributed by atoms with Crippen LogP contribution in [0, 0.1) is 0 Å². The van der Waals surface area contributed by atoms with Crippen LogP contribution in [0.5, 0.6) is 0 Å². The van der Waals surface area contributed by atoms with Crippen molar-refractivity contribution in [2.45, 2.75) is 238 Å². The summed E-state index contributed by atoms with van der Waals surface area (Å²) >= 11 is 0. The fraction of sp³-hybridized carbons (Fsp3) is 0.759. The molecule has 0 spiro atoms. The number of quaternary nitrogens is 1. The molecule has 394 valence electrons. The zero-order chi connectivity index (χ0) is 49.9. The van der Waals surface area contributed by atoms with E-state index in [4.69, 9.17) is 18.5 Å². The molecule has 0 aromatic heterocycles. The molecule has 0 radical (unpaired) electrons. The highest BCUT2D eigenvalue weighted by atomic mass is 31.2. The number of ether oxygens (including phenoxy) is 2. The Hall–Kier alpha value is -2.55. The first-order valence-electron chi connectivity index (χ1n) is 27.6. The lowest BCUT2D eigenvalue weighted by Crippen LogP contribution is -2.37. The number of hydrogen-bond acceptors (Lipinski definition) is 8. The Labute approximate surface area is 418 Å². The van der Waals surface area contributed by atoms with Crippen molar-refractivity contribution < 1.29 is 42.1 Å². The maximum absolute atomic E-state index is 12.8. The van der Waals surface area contributed by atoms with Crippen LogP contribution in [0.15, 0.2) is 72.9 Å². The van der Waals surface area contributed by atoms with Crippen molar-refractivity contribution in [2.24, 2.45) is 0 Å². The Morgan fingerprint density at radius 2 is 0.838 bits per heavy atom. The highest BCUT2D eigenvalue weighted by molar-refractivity contribution is 7.45. The lowest BCUT2D eigenvalue weighted by molar-refractivity contribution is -0.870. The molecule has 0 aliphatic heterocycles. The third kappa shape index (κ3) is 52.8. The molecular formula is C58H104NO8P. The fourth-order valence-electron chi connectivity index (χ4n) is 7.44. The second-order valence-electron chi connectivity index (χ2n) is 19.6. The second kappa shape index (κ2) is 49.4. The maximum atomic E-state index is 12.8. The number of carbonyl (C=O) groups excluding carboxylic acids is 2. The van der Waals surface area contributed by atoms with E-state index in [1.165, 1.54) is 109 Å². The van der Waals surface area contributed by atoms with Gasteiger partial charge in [0, 0.05) is 12.8 Å². The fourth-order valence-corrected chi connectivity index (χ4v) is 8.17. The molecule has 0 aliphatic rings. The van der Waals surface area contributed by atoms with Crippen molar-refractivity contribution in [3.63, 3.8) is 0 Å². The summed E-state index contributed by atoms with van der Waals surface area (Å²) in [4.78, 5) is 37.8. The van der Waals surface area contributed by atoms with Gasteiger partial charge in [-0.15, -0.1) is 0 Å². The molecule has 0 aliphatic carbocycles. The summed E-state index contributed by atoms with van der Waals surface area (Å²) in [6, 6.07) is 0. The van der Waals surface area contributed by atoms with Gasteiger partial charge < -0.3 is 27.9 Å². The number of unbranched alkanes of at least 4 members (excludes halogenated alkanes) is 24. The quantitative estimate of drug-likeness (QED) is 0.0195. The van der Waals surface area contributed by atoms with E-state index in [2.05, 4.69) is 86.8 Å².